The van der Waals surface area contributed by atoms with Gasteiger partial charge in [-0.05, 0) is 31.0 Å². The quantitative estimate of drug-likeness (QED) is 0.677. The molecule has 3 aromatic rings. The van der Waals surface area contributed by atoms with Crippen molar-refractivity contribution in [3.05, 3.63) is 34.9 Å². The largest absolute Gasteiger partial charge is 0.423 e. The van der Waals surface area contributed by atoms with Gasteiger partial charge >= 0.3 is 0 Å². The summed E-state index contributed by atoms with van der Waals surface area (Å²) in [5.41, 5.74) is 1.41. The number of hydrogen-bond acceptors (Lipinski definition) is 7. The molecule has 1 fully saturated rings. The molecule has 2 aromatic heterocycles. The zero-order valence-electron chi connectivity index (χ0n) is 15.2. The molecule has 0 N–H and O–H groups in total. The fourth-order valence-corrected chi connectivity index (χ4v) is 3.55. The summed E-state index contributed by atoms with van der Waals surface area (Å²) >= 11 is 6.02. The van der Waals surface area contributed by atoms with Gasteiger partial charge in [0.05, 0.1) is 12.5 Å². The number of aromatic nitrogens is 3. The van der Waals surface area contributed by atoms with E-state index in [1.54, 1.807) is 37.1 Å². The normalized spacial score (nSPS) is 17.4. The second-order valence-electron chi connectivity index (χ2n) is 6.82. The average Bonchev–Trinajstić information content (AvgIpc) is 3.26. The highest BCUT2D eigenvalue weighted by atomic mass is 35.5. The van der Waals surface area contributed by atoms with Crippen molar-refractivity contribution in [2.45, 2.75) is 26.3 Å². The van der Waals surface area contributed by atoms with Gasteiger partial charge < -0.3 is 18.7 Å². The summed E-state index contributed by atoms with van der Waals surface area (Å²) in [6.07, 6.45) is 1.72. The van der Waals surface area contributed by atoms with Crippen LogP contribution in [0.2, 0.25) is 5.02 Å². The second-order valence-corrected chi connectivity index (χ2v) is 7.25. The summed E-state index contributed by atoms with van der Waals surface area (Å²) in [5.74, 6) is 0.925. The molecule has 0 radical (unpaired) electrons. The van der Waals surface area contributed by atoms with E-state index in [2.05, 4.69) is 15.1 Å². The number of benzene rings is 1. The summed E-state index contributed by atoms with van der Waals surface area (Å²) in [5, 5.41) is 4.47. The van der Waals surface area contributed by atoms with Crippen LogP contribution in [0.25, 0.3) is 11.1 Å². The molecule has 9 heteroatoms. The van der Waals surface area contributed by atoms with E-state index in [4.69, 9.17) is 20.5 Å². The Balaban J connectivity index is 1.45. The maximum absolute atomic E-state index is 12.8. The Morgan fingerprint density at radius 3 is 3.04 bits per heavy atom. The van der Waals surface area contributed by atoms with Crippen molar-refractivity contribution in [3.63, 3.8) is 0 Å². The maximum atomic E-state index is 12.8. The lowest BCUT2D eigenvalue weighted by molar-refractivity contribution is -0.135. The monoisotopic (exact) mass is 389 g/mol. The molecule has 0 spiro atoms. The number of anilines is 1. The third-order valence-corrected chi connectivity index (χ3v) is 4.94. The van der Waals surface area contributed by atoms with Gasteiger partial charge in [0, 0.05) is 32.1 Å². The summed E-state index contributed by atoms with van der Waals surface area (Å²) in [6.45, 7) is 3.42. The minimum absolute atomic E-state index is 0.0568. The van der Waals surface area contributed by atoms with Crippen LogP contribution in [0, 0.1) is 12.8 Å². The number of nitrogens with zero attached hydrogens (tertiary/aromatic N) is 5. The molecule has 8 nitrogen and oxygen atoms in total. The van der Waals surface area contributed by atoms with Gasteiger partial charge in [0.15, 0.2) is 11.4 Å². The molecule has 1 aromatic carbocycles. The van der Waals surface area contributed by atoms with Crippen LogP contribution in [-0.4, -0.2) is 46.1 Å². The number of oxazole rings is 1. The third-order valence-electron chi connectivity index (χ3n) is 4.70. The molecule has 1 unspecified atom stereocenters. The van der Waals surface area contributed by atoms with Crippen LogP contribution >= 0.6 is 11.6 Å². The highest BCUT2D eigenvalue weighted by Gasteiger charge is 2.30. The van der Waals surface area contributed by atoms with E-state index in [-0.39, 0.29) is 11.8 Å². The van der Waals surface area contributed by atoms with Gasteiger partial charge in [-0.2, -0.15) is 9.97 Å². The minimum atomic E-state index is -0.129. The van der Waals surface area contributed by atoms with Gasteiger partial charge in [-0.1, -0.05) is 16.8 Å². The van der Waals surface area contributed by atoms with Gasteiger partial charge in [0.1, 0.15) is 5.52 Å². The van der Waals surface area contributed by atoms with E-state index in [0.717, 1.165) is 24.9 Å². The topological polar surface area (TPSA) is 88.5 Å². The first kappa shape index (κ1) is 17.8. The molecular formula is C18H20ClN5O3. The molecule has 0 bridgehead atoms. The Bertz CT molecular complexity index is 969. The van der Waals surface area contributed by atoms with Crippen LogP contribution in [-0.2, 0) is 11.3 Å². The molecule has 3 heterocycles. The van der Waals surface area contributed by atoms with Crippen molar-refractivity contribution in [2.75, 3.05) is 25.0 Å². The first-order valence-corrected chi connectivity index (χ1v) is 9.22. The van der Waals surface area contributed by atoms with E-state index < -0.39 is 0 Å². The van der Waals surface area contributed by atoms with Crippen LogP contribution < -0.4 is 4.90 Å². The van der Waals surface area contributed by atoms with Gasteiger partial charge in [-0.25, -0.2) is 0 Å². The first-order valence-electron chi connectivity index (χ1n) is 8.85. The lowest BCUT2D eigenvalue weighted by Crippen LogP contribution is -2.43. The predicted octanol–water partition coefficient (Wildman–Crippen LogP) is 3.05. The van der Waals surface area contributed by atoms with E-state index in [1.165, 1.54) is 0 Å². The Hall–Kier alpha value is -2.61. The summed E-state index contributed by atoms with van der Waals surface area (Å²) in [4.78, 5) is 25.2. The molecule has 142 valence electrons. The molecule has 1 aliphatic heterocycles. The van der Waals surface area contributed by atoms with E-state index in [9.17, 15) is 4.79 Å². The molecule has 4 rings (SSSR count). The minimum Gasteiger partial charge on any atom is -0.423 e. The van der Waals surface area contributed by atoms with Gasteiger partial charge in [-0.15, -0.1) is 0 Å². The number of halogens is 1. The van der Waals surface area contributed by atoms with Crippen molar-refractivity contribution in [1.29, 1.82) is 0 Å². The second kappa shape index (κ2) is 7.19. The predicted molar refractivity (Wildman–Crippen MR) is 99.5 cm³/mol. The zero-order chi connectivity index (χ0) is 19.0. The van der Waals surface area contributed by atoms with Crippen molar-refractivity contribution < 1.29 is 13.7 Å². The molecular weight excluding hydrogens is 370 g/mol. The fourth-order valence-electron chi connectivity index (χ4n) is 3.38. The van der Waals surface area contributed by atoms with E-state index in [1.807, 2.05) is 4.90 Å². The SMILES string of the molecule is Cc1nc(CN(C)C(=O)C2CCCN(c3nc4cc(Cl)ccc4o3)C2)no1. The van der Waals surface area contributed by atoms with Crippen LogP contribution in [0.5, 0.6) is 0 Å². The van der Waals surface area contributed by atoms with Gasteiger partial charge in [-0.3, -0.25) is 4.79 Å². The van der Waals surface area contributed by atoms with Crippen molar-refractivity contribution in [2.24, 2.45) is 5.92 Å². The number of amides is 1. The van der Waals surface area contributed by atoms with Crippen LogP contribution in [0.3, 0.4) is 0 Å². The average molecular weight is 390 g/mol. The number of piperidine rings is 1. The number of rotatable bonds is 4. The van der Waals surface area contributed by atoms with Crippen LogP contribution in [0.15, 0.2) is 27.1 Å². The maximum Gasteiger partial charge on any atom is 0.298 e. The third kappa shape index (κ3) is 3.75. The smallest absolute Gasteiger partial charge is 0.298 e. The van der Waals surface area contributed by atoms with Crippen molar-refractivity contribution >= 4 is 34.6 Å². The van der Waals surface area contributed by atoms with E-state index in [0.29, 0.717) is 41.4 Å². The van der Waals surface area contributed by atoms with Crippen molar-refractivity contribution in [1.82, 2.24) is 20.0 Å². The number of carbonyl (C=O) groups excluding carboxylic acids is 1. The number of carbonyl (C=O) groups is 1. The van der Waals surface area contributed by atoms with Gasteiger partial charge in [0.2, 0.25) is 11.8 Å². The van der Waals surface area contributed by atoms with Crippen molar-refractivity contribution in [3.8, 4) is 0 Å². The Labute approximate surface area is 161 Å². The molecule has 0 aliphatic carbocycles. The molecule has 1 atom stereocenters. The summed E-state index contributed by atoms with van der Waals surface area (Å²) in [6, 6.07) is 5.88. The first-order chi connectivity index (χ1) is 13.0. The molecule has 1 amide bonds. The number of fused-ring (bicyclic) bond motifs is 1. The van der Waals surface area contributed by atoms with Gasteiger partial charge in [0.25, 0.3) is 6.01 Å². The zero-order valence-corrected chi connectivity index (χ0v) is 15.9. The van der Waals surface area contributed by atoms with E-state index >= 15 is 0 Å². The molecule has 27 heavy (non-hydrogen) atoms. The Morgan fingerprint density at radius 1 is 1.41 bits per heavy atom. The number of hydrogen-bond donors (Lipinski definition) is 0. The summed E-state index contributed by atoms with van der Waals surface area (Å²) < 4.78 is 10.8. The molecule has 0 saturated carbocycles. The number of aryl methyl sites for hydroxylation is 1. The highest BCUT2D eigenvalue weighted by molar-refractivity contribution is 6.31. The highest BCUT2D eigenvalue weighted by Crippen LogP contribution is 2.28. The van der Waals surface area contributed by atoms with Crippen LogP contribution in [0.4, 0.5) is 6.01 Å². The molecule has 1 saturated heterocycles. The lowest BCUT2D eigenvalue weighted by atomic mass is 9.97. The summed E-state index contributed by atoms with van der Waals surface area (Å²) in [7, 11) is 1.76. The lowest BCUT2D eigenvalue weighted by Gasteiger charge is -2.32. The fraction of sp³-hybridized carbons (Fsp3) is 0.444. The standard InChI is InChI=1S/C18H20ClN5O3/c1-11-20-16(22-27-11)10-23(2)17(25)12-4-3-7-24(9-12)18-21-14-8-13(19)5-6-15(14)26-18/h5-6,8,12H,3-4,7,9-10H2,1-2H3. The Kier molecular flexibility index (Phi) is 4.73. The Morgan fingerprint density at radius 2 is 2.26 bits per heavy atom. The molecule has 1 aliphatic rings. The van der Waals surface area contributed by atoms with Crippen LogP contribution in [0.1, 0.15) is 24.6 Å².